The molecule has 1 saturated carbocycles. The van der Waals surface area contributed by atoms with Gasteiger partial charge in [-0.15, -0.1) is 0 Å². The molecule has 2 rings (SSSR count). The standard InChI is InChI=1S/C17H25N3O4/c18-13-17(8-4-2-5-9-17)19-14(21)12-24-16(23)11-20-10-6-1-3-7-15(20)22/h1-12H2,(H,19,21). The van der Waals surface area contributed by atoms with Gasteiger partial charge in [-0.1, -0.05) is 25.7 Å². The van der Waals surface area contributed by atoms with Gasteiger partial charge in [-0.2, -0.15) is 5.26 Å². The molecule has 132 valence electrons. The van der Waals surface area contributed by atoms with E-state index in [0.29, 0.717) is 25.8 Å². The van der Waals surface area contributed by atoms with Crippen molar-refractivity contribution >= 4 is 17.8 Å². The molecule has 0 aromatic carbocycles. The summed E-state index contributed by atoms with van der Waals surface area (Å²) >= 11 is 0. The van der Waals surface area contributed by atoms with Crippen LogP contribution in [0.15, 0.2) is 0 Å². The number of ether oxygens (including phenoxy) is 1. The lowest BCUT2D eigenvalue weighted by Gasteiger charge is -2.31. The van der Waals surface area contributed by atoms with E-state index in [9.17, 15) is 19.6 Å². The molecule has 0 unspecified atom stereocenters. The van der Waals surface area contributed by atoms with Crippen LogP contribution in [0.25, 0.3) is 0 Å². The molecule has 0 spiro atoms. The third-order valence-electron chi connectivity index (χ3n) is 4.66. The first kappa shape index (κ1) is 18.2. The summed E-state index contributed by atoms with van der Waals surface area (Å²) in [6, 6.07) is 2.19. The van der Waals surface area contributed by atoms with Gasteiger partial charge in [0.1, 0.15) is 12.1 Å². The van der Waals surface area contributed by atoms with Gasteiger partial charge in [0.2, 0.25) is 5.91 Å². The SMILES string of the molecule is N#CC1(NC(=O)COC(=O)CN2CCCCCC2=O)CCCCC1. The van der Waals surface area contributed by atoms with E-state index >= 15 is 0 Å². The molecule has 1 N–H and O–H groups in total. The lowest BCUT2D eigenvalue weighted by molar-refractivity contribution is -0.152. The summed E-state index contributed by atoms with van der Waals surface area (Å²) in [7, 11) is 0. The van der Waals surface area contributed by atoms with E-state index in [4.69, 9.17) is 4.74 Å². The van der Waals surface area contributed by atoms with Crippen molar-refractivity contribution in [2.24, 2.45) is 0 Å². The molecule has 0 aromatic heterocycles. The van der Waals surface area contributed by atoms with Crippen LogP contribution in [0.1, 0.15) is 57.8 Å². The van der Waals surface area contributed by atoms with Crippen LogP contribution in [0.2, 0.25) is 0 Å². The van der Waals surface area contributed by atoms with Gasteiger partial charge in [-0.25, -0.2) is 0 Å². The molecule has 0 atom stereocenters. The first-order valence-corrected chi connectivity index (χ1v) is 8.70. The average Bonchev–Trinajstić information content (AvgIpc) is 2.78. The van der Waals surface area contributed by atoms with E-state index in [1.807, 2.05) is 0 Å². The second kappa shape index (κ2) is 8.67. The van der Waals surface area contributed by atoms with Crippen LogP contribution in [-0.4, -0.2) is 47.9 Å². The Bertz CT molecular complexity index is 520. The highest BCUT2D eigenvalue weighted by molar-refractivity contribution is 5.84. The van der Waals surface area contributed by atoms with E-state index in [1.165, 1.54) is 4.90 Å². The third kappa shape index (κ3) is 5.22. The van der Waals surface area contributed by atoms with Crippen molar-refractivity contribution in [2.45, 2.75) is 63.3 Å². The Morgan fingerprint density at radius 3 is 2.58 bits per heavy atom. The number of hydrogen-bond acceptors (Lipinski definition) is 5. The largest absolute Gasteiger partial charge is 0.454 e. The highest BCUT2D eigenvalue weighted by atomic mass is 16.5. The van der Waals surface area contributed by atoms with Gasteiger partial charge >= 0.3 is 5.97 Å². The number of likely N-dealkylation sites (tertiary alicyclic amines) is 1. The molecular formula is C17H25N3O4. The van der Waals surface area contributed by atoms with Gasteiger partial charge in [0.25, 0.3) is 5.91 Å². The Morgan fingerprint density at radius 2 is 1.88 bits per heavy atom. The fourth-order valence-corrected chi connectivity index (χ4v) is 3.28. The Balaban J connectivity index is 1.75. The summed E-state index contributed by atoms with van der Waals surface area (Å²) in [6.07, 6.45) is 7.31. The zero-order chi connectivity index (χ0) is 17.4. The molecule has 2 fully saturated rings. The summed E-state index contributed by atoms with van der Waals surface area (Å²) in [5.74, 6) is -1.09. The molecule has 1 heterocycles. The van der Waals surface area contributed by atoms with Crippen molar-refractivity contribution in [1.29, 1.82) is 5.26 Å². The second-order valence-electron chi connectivity index (χ2n) is 6.59. The van der Waals surface area contributed by atoms with Gasteiger partial charge < -0.3 is 15.0 Å². The quantitative estimate of drug-likeness (QED) is 0.763. The predicted octanol–water partition coefficient (Wildman–Crippen LogP) is 1.27. The highest BCUT2D eigenvalue weighted by Crippen LogP contribution is 2.27. The molecule has 1 saturated heterocycles. The van der Waals surface area contributed by atoms with E-state index in [1.54, 1.807) is 0 Å². The molecule has 0 aromatic rings. The van der Waals surface area contributed by atoms with Crippen molar-refractivity contribution in [3.8, 4) is 6.07 Å². The highest BCUT2D eigenvalue weighted by Gasteiger charge is 2.33. The fraction of sp³-hybridized carbons (Fsp3) is 0.765. The number of nitriles is 1. The van der Waals surface area contributed by atoms with Gasteiger partial charge in [-0.3, -0.25) is 14.4 Å². The monoisotopic (exact) mass is 335 g/mol. The summed E-state index contributed by atoms with van der Waals surface area (Å²) in [5.41, 5.74) is -0.831. The summed E-state index contributed by atoms with van der Waals surface area (Å²) in [4.78, 5) is 37.2. The maximum Gasteiger partial charge on any atom is 0.326 e. The summed E-state index contributed by atoms with van der Waals surface area (Å²) in [6.45, 7) is 0.0253. The Kier molecular flexibility index (Phi) is 6.59. The fourth-order valence-electron chi connectivity index (χ4n) is 3.28. The van der Waals surface area contributed by atoms with Crippen LogP contribution in [-0.2, 0) is 19.1 Å². The Hall–Kier alpha value is -2.10. The van der Waals surface area contributed by atoms with E-state index in [-0.39, 0.29) is 12.5 Å². The lowest BCUT2D eigenvalue weighted by Crippen LogP contribution is -2.50. The third-order valence-corrected chi connectivity index (χ3v) is 4.66. The van der Waals surface area contributed by atoms with Crippen molar-refractivity contribution < 1.29 is 19.1 Å². The van der Waals surface area contributed by atoms with Crippen LogP contribution in [0.4, 0.5) is 0 Å². The smallest absolute Gasteiger partial charge is 0.326 e. The van der Waals surface area contributed by atoms with Crippen LogP contribution in [0.5, 0.6) is 0 Å². The minimum atomic E-state index is -0.831. The zero-order valence-electron chi connectivity index (χ0n) is 14.0. The topological polar surface area (TPSA) is 99.5 Å². The first-order valence-electron chi connectivity index (χ1n) is 8.70. The minimum absolute atomic E-state index is 0.0421. The molecule has 7 nitrogen and oxygen atoms in total. The van der Waals surface area contributed by atoms with E-state index in [2.05, 4.69) is 11.4 Å². The summed E-state index contributed by atoms with van der Waals surface area (Å²) < 4.78 is 4.97. The van der Waals surface area contributed by atoms with Crippen molar-refractivity contribution in [3.63, 3.8) is 0 Å². The maximum absolute atomic E-state index is 12.0. The average molecular weight is 335 g/mol. The van der Waals surface area contributed by atoms with E-state index < -0.39 is 24.0 Å². The van der Waals surface area contributed by atoms with Crippen molar-refractivity contribution in [3.05, 3.63) is 0 Å². The molecule has 0 bridgehead atoms. The number of nitrogens with one attached hydrogen (secondary N) is 1. The zero-order valence-corrected chi connectivity index (χ0v) is 14.0. The Labute approximate surface area is 142 Å². The van der Waals surface area contributed by atoms with Gasteiger partial charge in [0.05, 0.1) is 6.07 Å². The molecule has 24 heavy (non-hydrogen) atoms. The molecular weight excluding hydrogens is 310 g/mol. The normalized spacial score (nSPS) is 20.6. The van der Waals surface area contributed by atoms with Gasteiger partial charge in [0, 0.05) is 13.0 Å². The maximum atomic E-state index is 12.0. The molecule has 1 aliphatic heterocycles. The molecule has 2 aliphatic rings. The molecule has 2 amide bonds. The minimum Gasteiger partial charge on any atom is -0.454 e. The van der Waals surface area contributed by atoms with E-state index in [0.717, 1.165) is 38.5 Å². The number of nitrogens with zero attached hydrogens (tertiary/aromatic N) is 2. The number of carbonyl (C=O) groups is 3. The number of esters is 1. The van der Waals surface area contributed by atoms with Crippen molar-refractivity contribution in [2.75, 3.05) is 19.7 Å². The lowest BCUT2D eigenvalue weighted by atomic mass is 9.83. The molecule has 1 aliphatic carbocycles. The number of hydrogen-bond donors (Lipinski definition) is 1. The second-order valence-corrected chi connectivity index (χ2v) is 6.59. The van der Waals surface area contributed by atoms with Gasteiger partial charge in [-0.05, 0) is 25.7 Å². The number of rotatable bonds is 5. The molecule has 0 radical (unpaired) electrons. The summed E-state index contributed by atoms with van der Waals surface area (Å²) in [5, 5.41) is 12.0. The number of carbonyl (C=O) groups excluding carboxylic acids is 3. The Morgan fingerprint density at radius 1 is 1.17 bits per heavy atom. The van der Waals surface area contributed by atoms with Crippen LogP contribution < -0.4 is 5.32 Å². The molecule has 7 heteroatoms. The van der Waals surface area contributed by atoms with Crippen LogP contribution in [0.3, 0.4) is 0 Å². The first-order chi connectivity index (χ1) is 11.5. The predicted molar refractivity (Wildman–Crippen MR) is 85.6 cm³/mol. The van der Waals surface area contributed by atoms with Crippen molar-refractivity contribution in [1.82, 2.24) is 10.2 Å². The van der Waals surface area contributed by atoms with Crippen LogP contribution in [0, 0.1) is 11.3 Å². The van der Waals surface area contributed by atoms with Gasteiger partial charge in [0.15, 0.2) is 6.61 Å². The number of amides is 2. The van der Waals surface area contributed by atoms with Crippen LogP contribution >= 0.6 is 0 Å².